The van der Waals surface area contributed by atoms with Crippen molar-refractivity contribution >= 4 is 29.2 Å². The largest absolute Gasteiger partial charge is 0.382 e. The van der Waals surface area contributed by atoms with Crippen molar-refractivity contribution in [1.29, 1.82) is 5.41 Å². The van der Waals surface area contributed by atoms with Crippen molar-refractivity contribution in [3.05, 3.63) is 32.6 Å². The van der Waals surface area contributed by atoms with Gasteiger partial charge in [0.1, 0.15) is 11.4 Å². The Labute approximate surface area is 107 Å². The molecule has 0 amide bonds. The summed E-state index contributed by atoms with van der Waals surface area (Å²) in [7, 11) is 1.61. The van der Waals surface area contributed by atoms with E-state index in [1.165, 1.54) is 11.3 Å². The third-order valence-corrected chi connectivity index (χ3v) is 3.03. The van der Waals surface area contributed by atoms with Crippen molar-refractivity contribution in [2.45, 2.75) is 6.54 Å². The van der Waals surface area contributed by atoms with Crippen LogP contribution in [-0.4, -0.2) is 28.2 Å². The molecule has 2 rings (SSSR count). The van der Waals surface area contributed by atoms with Crippen LogP contribution in [0.4, 0.5) is 11.6 Å². The lowest BCUT2D eigenvalue weighted by Gasteiger charge is -2.07. The van der Waals surface area contributed by atoms with Crippen molar-refractivity contribution in [2.75, 3.05) is 17.7 Å². The highest BCUT2D eigenvalue weighted by Gasteiger charge is 2.08. The minimum Gasteiger partial charge on any atom is -0.382 e. The van der Waals surface area contributed by atoms with Gasteiger partial charge in [-0.1, -0.05) is 0 Å². The van der Waals surface area contributed by atoms with E-state index in [1.807, 2.05) is 0 Å². The zero-order valence-corrected chi connectivity index (χ0v) is 10.5. The van der Waals surface area contributed by atoms with Gasteiger partial charge in [0.05, 0.1) is 12.1 Å². The van der Waals surface area contributed by atoms with E-state index in [4.69, 9.17) is 5.41 Å². The van der Waals surface area contributed by atoms with Crippen LogP contribution < -0.4 is 16.2 Å². The molecule has 2 aromatic heterocycles. The summed E-state index contributed by atoms with van der Waals surface area (Å²) < 4.78 is 0. The Hall–Kier alpha value is -2.22. The number of rotatable bonds is 5. The molecule has 0 aliphatic rings. The first-order chi connectivity index (χ1) is 8.74. The molecular weight excluding hydrogens is 252 g/mol. The fourth-order valence-electron chi connectivity index (χ4n) is 1.42. The second kappa shape index (κ2) is 5.41. The Bertz CT molecular complexity index is 591. The predicted octanol–water partition coefficient (Wildman–Crippen LogP) is 0.878. The smallest absolute Gasteiger partial charge is 0.276 e. The van der Waals surface area contributed by atoms with Gasteiger partial charge in [-0.3, -0.25) is 14.8 Å². The van der Waals surface area contributed by atoms with Crippen molar-refractivity contribution in [3.8, 4) is 0 Å². The summed E-state index contributed by atoms with van der Waals surface area (Å²) in [6.07, 6.45) is 2.79. The molecule has 0 fully saturated rings. The van der Waals surface area contributed by atoms with Crippen molar-refractivity contribution in [1.82, 2.24) is 15.0 Å². The van der Waals surface area contributed by atoms with E-state index in [0.717, 1.165) is 11.1 Å². The summed E-state index contributed by atoms with van der Waals surface area (Å²) in [5.41, 5.74) is 2.01. The Balaban J connectivity index is 2.21. The molecule has 8 heteroatoms. The van der Waals surface area contributed by atoms with Gasteiger partial charge in [-0.25, -0.2) is 4.98 Å². The average Bonchev–Trinajstić information content (AvgIpc) is 2.88. The van der Waals surface area contributed by atoms with Crippen LogP contribution in [0.25, 0.3) is 0 Å². The topological polar surface area (TPSA) is 107 Å². The fraction of sp³-hybridized carbons (Fsp3) is 0.200. The van der Waals surface area contributed by atoms with Gasteiger partial charge in [0.15, 0.2) is 0 Å². The maximum absolute atomic E-state index is 11.7. The molecule has 4 N–H and O–H groups in total. The molecule has 7 nitrogen and oxygen atoms in total. The Kier molecular flexibility index (Phi) is 3.68. The number of aromatic amines is 1. The van der Waals surface area contributed by atoms with Crippen LogP contribution in [0.15, 0.2) is 16.5 Å². The molecule has 0 unspecified atom stereocenters. The summed E-state index contributed by atoms with van der Waals surface area (Å²) in [4.78, 5) is 23.4. The van der Waals surface area contributed by atoms with E-state index < -0.39 is 0 Å². The molecule has 18 heavy (non-hydrogen) atoms. The normalized spacial score (nSPS) is 10.1. The van der Waals surface area contributed by atoms with Gasteiger partial charge in [0.25, 0.3) is 5.56 Å². The molecule has 0 bridgehead atoms. The lowest BCUT2D eigenvalue weighted by molar-refractivity contribution is 1.04. The molecule has 2 aromatic rings. The molecule has 0 aromatic carbocycles. The number of hydrogen-bond acceptors (Lipinski definition) is 7. The number of hydrogen-bond donors (Lipinski definition) is 4. The summed E-state index contributed by atoms with van der Waals surface area (Å²) in [5.74, 6) is 0.339. The van der Waals surface area contributed by atoms with E-state index in [9.17, 15) is 4.79 Å². The lowest BCUT2D eigenvalue weighted by atomic mass is 10.3. The number of anilines is 2. The highest BCUT2D eigenvalue weighted by Crippen LogP contribution is 2.09. The Morgan fingerprint density at radius 3 is 3.06 bits per heavy atom. The van der Waals surface area contributed by atoms with Gasteiger partial charge >= 0.3 is 0 Å². The summed E-state index contributed by atoms with van der Waals surface area (Å²) in [6, 6.07) is 0. The number of H-pyrrole nitrogens is 1. The van der Waals surface area contributed by atoms with Gasteiger partial charge in [-0.05, 0) is 0 Å². The fourth-order valence-corrected chi connectivity index (χ4v) is 1.96. The van der Waals surface area contributed by atoms with Crippen molar-refractivity contribution < 1.29 is 0 Å². The number of thiazole rings is 1. The van der Waals surface area contributed by atoms with E-state index in [-0.39, 0.29) is 11.2 Å². The zero-order chi connectivity index (χ0) is 13.0. The molecule has 0 radical (unpaired) electrons. The van der Waals surface area contributed by atoms with Crippen LogP contribution in [0.5, 0.6) is 0 Å². The summed E-state index contributed by atoms with van der Waals surface area (Å²) in [6.45, 7) is 0.532. The van der Waals surface area contributed by atoms with E-state index in [2.05, 4.69) is 25.6 Å². The van der Waals surface area contributed by atoms with Gasteiger partial charge in [0.2, 0.25) is 5.95 Å². The Morgan fingerprint density at radius 1 is 1.61 bits per heavy atom. The molecule has 0 aliphatic carbocycles. The molecule has 94 valence electrons. The second-order valence-electron chi connectivity index (χ2n) is 3.39. The highest BCUT2D eigenvalue weighted by atomic mass is 32.1. The minimum absolute atomic E-state index is 0.286. The number of aromatic nitrogens is 3. The summed E-state index contributed by atoms with van der Waals surface area (Å²) >= 11 is 1.51. The predicted molar refractivity (Wildman–Crippen MR) is 71.7 cm³/mol. The SMILES string of the molecule is CNc1c(C=N)nc(NCc2cncs2)[nH]c1=O. The van der Waals surface area contributed by atoms with E-state index in [1.54, 1.807) is 18.8 Å². The van der Waals surface area contributed by atoms with Crippen LogP contribution in [-0.2, 0) is 6.54 Å². The first-order valence-electron chi connectivity index (χ1n) is 5.18. The maximum Gasteiger partial charge on any atom is 0.276 e. The first-order valence-corrected chi connectivity index (χ1v) is 6.06. The monoisotopic (exact) mass is 264 g/mol. The van der Waals surface area contributed by atoms with Gasteiger partial charge in [-0.15, -0.1) is 11.3 Å². The van der Waals surface area contributed by atoms with Gasteiger partial charge < -0.3 is 16.0 Å². The number of nitrogens with zero attached hydrogens (tertiary/aromatic N) is 2. The first kappa shape index (κ1) is 12.2. The Morgan fingerprint density at radius 2 is 2.44 bits per heavy atom. The zero-order valence-electron chi connectivity index (χ0n) is 9.65. The van der Waals surface area contributed by atoms with Crippen LogP contribution in [0.1, 0.15) is 10.6 Å². The minimum atomic E-state index is -0.308. The molecular formula is C10H12N6OS. The molecule has 0 atom stereocenters. The van der Waals surface area contributed by atoms with Crippen molar-refractivity contribution in [2.24, 2.45) is 0 Å². The third-order valence-electron chi connectivity index (χ3n) is 2.25. The number of nitrogens with one attached hydrogen (secondary N) is 4. The van der Waals surface area contributed by atoms with Crippen LogP contribution in [0, 0.1) is 5.41 Å². The second-order valence-corrected chi connectivity index (χ2v) is 4.36. The van der Waals surface area contributed by atoms with Crippen molar-refractivity contribution in [3.63, 3.8) is 0 Å². The molecule has 0 aliphatic heterocycles. The third kappa shape index (κ3) is 2.54. The maximum atomic E-state index is 11.7. The van der Waals surface area contributed by atoms with E-state index >= 15 is 0 Å². The quantitative estimate of drug-likeness (QED) is 0.600. The molecule has 0 spiro atoms. The summed E-state index contributed by atoms with van der Waals surface area (Å²) in [5, 5.41) is 12.9. The van der Waals surface area contributed by atoms with E-state index in [0.29, 0.717) is 18.2 Å². The lowest BCUT2D eigenvalue weighted by Crippen LogP contribution is -2.19. The average molecular weight is 264 g/mol. The van der Waals surface area contributed by atoms with Gasteiger partial charge in [-0.2, -0.15) is 0 Å². The molecule has 0 saturated heterocycles. The highest BCUT2D eigenvalue weighted by molar-refractivity contribution is 7.09. The molecule has 0 saturated carbocycles. The molecule has 2 heterocycles. The van der Waals surface area contributed by atoms with Crippen LogP contribution >= 0.6 is 11.3 Å². The standard InChI is InChI=1S/C10H12N6OS/c1-12-8-7(2-11)15-10(16-9(8)17)14-4-6-3-13-5-18-6/h2-3,5,11-12H,4H2,1H3,(H2,14,15,16,17). The van der Waals surface area contributed by atoms with Gasteiger partial charge in [0, 0.05) is 24.3 Å². The van der Waals surface area contributed by atoms with Crippen LogP contribution in [0.2, 0.25) is 0 Å². The van der Waals surface area contributed by atoms with Crippen LogP contribution in [0.3, 0.4) is 0 Å².